The van der Waals surface area contributed by atoms with Crippen molar-refractivity contribution in [1.82, 2.24) is 4.90 Å². The smallest absolute Gasteiger partial charge is 0.247 e. The lowest BCUT2D eigenvalue weighted by Crippen LogP contribution is -2.38. The van der Waals surface area contributed by atoms with E-state index in [2.05, 4.69) is 16.8 Å². The van der Waals surface area contributed by atoms with Gasteiger partial charge in [-0.15, -0.1) is 0 Å². The molecule has 1 aromatic rings. The van der Waals surface area contributed by atoms with Crippen molar-refractivity contribution in [2.75, 3.05) is 57.6 Å². The topological polar surface area (TPSA) is 86.1 Å². The van der Waals surface area contributed by atoms with Gasteiger partial charge < -0.3 is 25.3 Å². The lowest BCUT2D eigenvalue weighted by Gasteiger charge is -2.26. The van der Waals surface area contributed by atoms with Crippen LogP contribution in [0.2, 0.25) is 0 Å². The van der Waals surface area contributed by atoms with E-state index in [9.17, 15) is 4.79 Å². The average molecular weight is 321 g/mol. The molecule has 1 aromatic carbocycles. The number of hydrogen-bond acceptors (Lipinski definition) is 6. The minimum atomic E-state index is -0.326. The number of rotatable bonds is 7. The predicted molar refractivity (Wildman–Crippen MR) is 89.0 cm³/mol. The summed E-state index contributed by atoms with van der Waals surface area (Å²) in [7, 11) is 1.53. The zero-order valence-electron chi connectivity index (χ0n) is 13.3. The first kappa shape index (κ1) is 17.1. The van der Waals surface area contributed by atoms with E-state index in [0.29, 0.717) is 29.5 Å². The van der Waals surface area contributed by atoms with Crippen LogP contribution in [-0.2, 0) is 9.53 Å². The van der Waals surface area contributed by atoms with Crippen LogP contribution in [0.1, 0.15) is 0 Å². The summed E-state index contributed by atoms with van der Waals surface area (Å²) >= 11 is 0. The van der Waals surface area contributed by atoms with Crippen LogP contribution in [-0.4, -0.2) is 57.4 Å². The lowest BCUT2D eigenvalue weighted by atomic mass is 10.2. The summed E-state index contributed by atoms with van der Waals surface area (Å²) in [5.74, 6) is 0.690. The number of carbonyl (C=O) groups excluding carboxylic acids is 1. The van der Waals surface area contributed by atoms with Crippen LogP contribution in [0.5, 0.6) is 11.5 Å². The van der Waals surface area contributed by atoms with E-state index in [1.165, 1.54) is 13.2 Å². The molecule has 1 saturated heterocycles. The van der Waals surface area contributed by atoms with Gasteiger partial charge in [-0.3, -0.25) is 9.69 Å². The Hall–Kier alpha value is -2.25. The fourth-order valence-electron chi connectivity index (χ4n) is 2.27. The van der Waals surface area contributed by atoms with Gasteiger partial charge in [0, 0.05) is 25.7 Å². The minimum absolute atomic E-state index is 0.326. The molecule has 0 spiro atoms. The van der Waals surface area contributed by atoms with Crippen molar-refractivity contribution < 1.29 is 19.0 Å². The Morgan fingerprint density at radius 3 is 2.83 bits per heavy atom. The van der Waals surface area contributed by atoms with Gasteiger partial charge in [0.05, 0.1) is 31.7 Å². The predicted octanol–water partition coefficient (Wildman–Crippen LogP) is 1.11. The Bertz CT molecular complexity index is 557. The quantitative estimate of drug-likeness (QED) is 0.578. The first-order valence-corrected chi connectivity index (χ1v) is 7.48. The minimum Gasteiger partial charge on any atom is -0.494 e. The molecular formula is C16H23N3O4. The molecule has 7 nitrogen and oxygen atoms in total. The summed E-state index contributed by atoms with van der Waals surface area (Å²) in [6.45, 7) is 8.00. The van der Waals surface area contributed by atoms with Gasteiger partial charge in [0.2, 0.25) is 5.91 Å². The number of methoxy groups -OCH3 is 1. The Kier molecular flexibility index (Phi) is 6.25. The van der Waals surface area contributed by atoms with Crippen LogP contribution in [0.3, 0.4) is 0 Å². The van der Waals surface area contributed by atoms with E-state index < -0.39 is 0 Å². The molecule has 1 aliphatic heterocycles. The van der Waals surface area contributed by atoms with Crippen molar-refractivity contribution in [3.05, 3.63) is 24.8 Å². The molecule has 0 aliphatic carbocycles. The maximum absolute atomic E-state index is 11.5. The third kappa shape index (κ3) is 4.87. The van der Waals surface area contributed by atoms with Crippen LogP contribution in [0.15, 0.2) is 24.8 Å². The van der Waals surface area contributed by atoms with Crippen LogP contribution in [0, 0.1) is 0 Å². The van der Waals surface area contributed by atoms with Crippen LogP contribution >= 0.6 is 0 Å². The number of morpholine rings is 1. The fraction of sp³-hybridized carbons (Fsp3) is 0.438. The maximum atomic E-state index is 11.5. The fourth-order valence-corrected chi connectivity index (χ4v) is 2.27. The summed E-state index contributed by atoms with van der Waals surface area (Å²) in [4.78, 5) is 13.8. The number of benzene rings is 1. The van der Waals surface area contributed by atoms with Gasteiger partial charge in [-0.1, -0.05) is 6.58 Å². The molecular weight excluding hydrogens is 298 g/mol. The zero-order valence-corrected chi connectivity index (χ0v) is 13.3. The molecule has 7 heteroatoms. The number of nitrogens with zero attached hydrogens (tertiary/aromatic N) is 1. The van der Waals surface area contributed by atoms with E-state index in [1.54, 1.807) is 12.1 Å². The molecule has 1 heterocycles. The highest BCUT2D eigenvalue weighted by atomic mass is 16.5. The first-order valence-electron chi connectivity index (χ1n) is 7.48. The standard InChI is InChI=1S/C16H23N3O4/c1-3-16(20)18-13-10-12(17)14(21-2)11-15(13)23-9-6-19-4-7-22-8-5-19/h3,10-11H,1,4-9,17H2,2H3,(H,18,20). The van der Waals surface area contributed by atoms with Gasteiger partial charge >= 0.3 is 0 Å². The highest BCUT2D eigenvalue weighted by molar-refractivity contribution is 6.00. The largest absolute Gasteiger partial charge is 0.494 e. The monoisotopic (exact) mass is 321 g/mol. The zero-order chi connectivity index (χ0) is 16.7. The third-order valence-electron chi connectivity index (χ3n) is 3.54. The number of ether oxygens (including phenoxy) is 3. The van der Waals surface area contributed by atoms with Crippen molar-refractivity contribution in [2.24, 2.45) is 0 Å². The maximum Gasteiger partial charge on any atom is 0.247 e. The highest BCUT2D eigenvalue weighted by Gasteiger charge is 2.13. The van der Waals surface area contributed by atoms with Crippen molar-refractivity contribution in [1.29, 1.82) is 0 Å². The number of anilines is 2. The molecule has 2 rings (SSSR count). The van der Waals surface area contributed by atoms with Crippen LogP contribution < -0.4 is 20.5 Å². The normalized spacial score (nSPS) is 15.0. The number of nitrogens with one attached hydrogen (secondary N) is 1. The lowest BCUT2D eigenvalue weighted by molar-refractivity contribution is -0.111. The Labute approximate surface area is 136 Å². The van der Waals surface area contributed by atoms with Gasteiger partial charge in [0.15, 0.2) is 0 Å². The van der Waals surface area contributed by atoms with Crippen LogP contribution in [0.4, 0.5) is 11.4 Å². The van der Waals surface area contributed by atoms with Gasteiger partial charge in [0.1, 0.15) is 18.1 Å². The van der Waals surface area contributed by atoms with Crippen molar-refractivity contribution >= 4 is 17.3 Å². The molecule has 0 atom stereocenters. The number of carbonyl (C=O) groups is 1. The number of nitrogen functional groups attached to an aromatic ring is 1. The second-order valence-corrected chi connectivity index (χ2v) is 5.09. The molecule has 3 N–H and O–H groups in total. The summed E-state index contributed by atoms with van der Waals surface area (Å²) < 4.78 is 16.3. The van der Waals surface area contributed by atoms with Gasteiger partial charge in [-0.25, -0.2) is 0 Å². The highest BCUT2D eigenvalue weighted by Crippen LogP contribution is 2.34. The second-order valence-electron chi connectivity index (χ2n) is 5.09. The van der Waals surface area contributed by atoms with E-state index in [4.69, 9.17) is 19.9 Å². The molecule has 0 saturated carbocycles. The van der Waals surface area contributed by atoms with Gasteiger partial charge in [-0.05, 0) is 12.1 Å². The van der Waals surface area contributed by atoms with E-state index in [1.807, 2.05) is 0 Å². The molecule has 23 heavy (non-hydrogen) atoms. The number of amides is 1. The first-order chi connectivity index (χ1) is 11.1. The van der Waals surface area contributed by atoms with Gasteiger partial charge in [0.25, 0.3) is 0 Å². The number of hydrogen-bond donors (Lipinski definition) is 2. The van der Waals surface area contributed by atoms with E-state index >= 15 is 0 Å². The number of nitrogens with two attached hydrogens (primary N) is 1. The summed E-state index contributed by atoms with van der Waals surface area (Å²) in [6.07, 6.45) is 1.19. The van der Waals surface area contributed by atoms with Crippen molar-refractivity contribution in [3.63, 3.8) is 0 Å². The Balaban J connectivity index is 2.04. The summed E-state index contributed by atoms with van der Waals surface area (Å²) in [6, 6.07) is 3.29. The molecule has 0 aromatic heterocycles. The van der Waals surface area contributed by atoms with Gasteiger partial charge in [-0.2, -0.15) is 0 Å². The third-order valence-corrected chi connectivity index (χ3v) is 3.54. The molecule has 0 bridgehead atoms. The second kappa shape index (κ2) is 8.40. The summed E-state index contributed by atoms with van der Waals surface area (Å²) in [5, 5.41) is 2.69. The van der Waals surface area contributed by atoms with Crippen molar-refractivity contribution in [2.45, 2.75) is 0 Å². The molecule has 126 valence electrons. The molecule has 0 unspecified atom stereocenters. The van der Waals surface area contributed by atoms with E-state index in [0.717, 1.165) is 32.8 Å². The van der Waals surface area contributed by atoms with Crippen molar-refractivity contribution in [3.8, 4) is 11.5 Å². The van der Waals surface area contributed by atoms with E-state index in [-0.39, 0.29) is 5.91 Å². The average Bonchev–Trinajstić information content (AvgIpc) is 2.57. The Morgan fingerprint density at radius 2 is 2.17 bits per heavy atom. The molecule has 1 fully saturated rings. The molecule has 0 radical (unpaired) electrons. The summed E-state index contributed by atoms with van der Waals surface area (Å²) in [5.41, 5.74) is 6.80. The SMILES string of the molecule is C=CC(=O)Nc1cc(N)c(OC)cc1OCCN1CCOCC1. The molecule has 1 amide bonds. The van der Waals surface area contributed by atoms with Crippen LogP contribution in [0.25, 0.3) is 0 Å². The Morgan fingerprint density at radius 1 is 1.43 bits per heavy atom. The molecule has 1 aliphatic rings.